The molecular weight excluding hydrogens is 528 g/mol. The third kappa shape index (κ3) is 5.23. The van der Waals surface area contributed by atoms with Gasteiger partial charge < -0.3 is 19.3 Å². The molecule has 0 amide bonds. The van der Waals surface area contributed by atoms with Crippen molar-refractivity contribution < 1.29 is 28.9 Å². The van der Waals surface area contributed by atoms with E-state index in [0.29, 0.717) is 54.3 Å². The standard InChI is InChI=1S/C36H52O6/c1-23(9-8-10-24(2)32(37)38)27-13-14-28-31-29(15-16-35(27,28)4)34(3)17-18-36(40-19-20-41-36)22-26(34)21-30(31)42-33(39)25-11-6-5-7-12-25/h5-7,11-12,23-24,26-31H,8-10,13-22H2,1-4H3,(H,37,38)/t23-,24?,26+,27?,28+,29+,30-,31?,34?,35?/m1/s1. The van der Waals surface area contributed by atoms with Crippen LogP contribution in [-0.4, -0.2) is 42.1 Å². The lowest BCUT2D eigenvalue weighted by Crippen LogP contribution is -2.60. The number of carboxylic acid groups (broad SMARTS) is 1. The third-order valence-electron chi connectivity index (χ3n) is 13.2. The molecule has 1 aromatic carbocycles. The number of carbonyl (C=O) groups is 2. The van der Waals surface area contributed by atoms with Crippen LogP contribution in [0.25, 0.3) is 0 Å². The van der Waals surface area contributed by atoms with Crippen molar-refractivity contribution >= 4 is 11.9 Å². The molecule has 5 unspecified atom stereocenters. The molecule has 0 aromatic heterocycles. The Morgan fingerprint density at radius 1 is 0.952 bits per heavy atom. The summed E-state index contributed by atoms with van der Waals surface area (Å²) in [4.78, 5) is 24.9. The third-order valence-corrected chi connectivity index (χ3v) is 13.2. The summed E-state index contributed by atoms with van der Waals surface area (Å²) in [6.07, 6.45) is 11.5. The molecular formula is C36H52O6. The van der Waals surface area contributed by atoms with Crippen molar-refractivity contribution in [2.24, 2.45) is 52.3 Å². The first-order valence-corrected chi connectivity index (χ1v) is 16.8. The first kappa shape index (κ1) is 30.1. The molecule has 5 fully saturated rings. The Hall–Kier alpha value is -1.92. The van der Waals surface area contributed by atoms with Gasteiger partial charge in [-0.1, -0.05) is 58.7 Å². The van der Waals surface area contributed by atoms with E-state index in [9.17, 15) is 14.7 Å². The zero-order chi connectivity index (χ0) is 29.7. The van der Waals surface area contributed by atoms with Crippen LogP contribution in [0.2, 0.25) is 0 Å². The lowest BCUT2D eigenvalue weighted by atomic mass is 9.43. The molecule has 0 bridgehead atoms. The van der Waals surface area contributed by atoms with Crippen LogP contribution in [0.4, 0.5) is 0 Å². The van der Waals surface area contributed by atoms with Crippen molar-refractivity contribution in [2.75, 3.05) is 13.2 Å². The molecule has 6 rings (SSSR count). The van der Waals surface area contributed by atoms with E-state index in [4.69, 9.17) is 14.2 Å². The molecule has 232 valence electrons. The van der Waals surface area contributed by atoms with Crippen LogP contribution in [0.5, 0.6) is 0 Å². The van der Waals surface area contributed by atoms with Crippen molar-refractivity contribution in [3.8, 4) is 0 Å². The van der Waals surface area contributed by atoms with Crippen LogP contribution in [0, 0.1) is 52.3 Å². The van der Waals surface area contributed by atoms with Crippen LogP contribution in [-0.2, 0) is 19.0 Å². The summed E-state index contributed by atoms with van der Waals surface area (Å²) in [7, 11) is 0. The smallest absolute Gasteiger partial charge is 0.338 e. The predicted octanol–water partition coefficient (Wildman–Crippen LogP) is 7.75. The van der Waals surface area contributed by atoms with E-state index in [0.717, 1.165) is 44.9 Å². The highest BCUT2D eigenvalue weighted by atomic mass is 16.7. The summed E-state index contributed by atoms with van der Waals surface area (Å²) < 4.78 is 19.0. The first-order valence-electron chi connectivity index (χ1n) is 16.8. The second kappa shape index (κ2) is 11.5. The predicted molar refractivity (Wildman–Crippen MR) is 161 cm³/mol. The molecule has 1 aromatic rings. The van der Waals surface area contributed by atoms with E-state index in [1.807, 2.05) is 37.3 Å². The van der Waals surface area contributed by atoms with Gasteiger partial charge in [0.2, 0.25) is 0 Å². The minimum Gasteiger partial charge on any atom is -0.481 e. The number of aliphatic carboxylic acids is 1. The maximum atomic E-state index is 13.5. The van der Waals surface area contributed by atoms with Crippen LogP contribution < -0.4 is 0 Å². The van der Waals surface area contributed by atoms with Crippen LogP contribution in [0.1, 0.15) is 109 Å². The van der Waals surface area contributed by atoms with E-state index in [1.54, 1.807) is 0 Å². The maximum absolute atomic E-state index is 13.5. The highest BCUT2D eigenvalue weighted by molar-refractivity contribution is 5.89. The Morgan fingerprint density at radius 2 is 1.67 bits per heavy atom. The van der Waals surface area contributed by atoms with E-state index in [-0.39, 0.29) is 28.8 Å². The van der Waals surface area contributed by atoms with Gasteiger partial charge in [0.15, 0.2) is 5.79 Å². The van der Waals surface area contributed by atoms with E-state index < -0.39 is 11.8 Å². The second-order valence-corrected chi connectivity index (χ2v) is 15.2. The number of rotatable bonds is 8. The second-order valence-electron chi connectivity index (χ2n) is 15.2. The molecule has 1 spiro atoms. The maximum Gasteiger partial charge on any atom is 0.338 e. The van der Waals surface area contributed by atoms with Crippen LogP contribution in [0.3, 0.4) is 0 Å². The van der Waals surface area contributed by atoms with Crippen molar-refractivity contribution in [1.82, 2.24) is 0 Å². The van der Waals surface area contributed by atoms with Crippen LogP contribution >= 0.6 is 0 Å². The topological polar surface area (TPSA) is 82.1 Å². The van der Waals surface area contributed by atoms with Gasteiger partial charge in [-0.05, 0) is 97.5 Å². The van der Waals surface area contributed by atoms with Gasteiger partial charge in [0.05, 0.1) is 24.7 Å². The molecule has 10 atom stereocenters. The number of esters is 1. The molecule has 6 heteroatoms. The molecule has 6 nitrogen and oxygen atoms in total. The van der Waals surface area contributed by atoms with Crippen molar-refractivity contribution in [3.05, 3.63) is 35.9 Å². The zero-order valence-corrected chi connectivity index (χ0v) is 26.2. The molecule has 4 aliphatic carbocycles. The average Bonchev–Trinajstić information content (AvgIpc) is 3.58. The van der Waals surface area contributed by atoms with Crippen molar-refractivity contribution in [2.45, 2.75) is 110 Å². The number of carboxylic acids is 1. The molecule has 1 saturated heterocycles. The summed E-state index contributed by atoms with van der Waals surface area (Å²) in [5, 5.41) is 9.34. The quantitative estimate of drug-likeness (QED) is 0.317. The molecule has 1 heterocycles. The molecule has 4 saturated carbocycles. The van der Waals surface area contributed by atoms with Crippen LogP contribution in [0.15, 0.2) is 30.3 Å². The minimum atomic E-state index is -0.686. The van der Waals surface area contributed by atoms with E-state index in [2.05, 4.69) is 20.8 Å². The fraction of sp³-hybridized carbons (Fsp3) is 0.778. The summed E-state index contributed by atoms with van der Waals surface area (Å²) >= 11 is 0. The fourth-order valence-corrected chi connectivity index (χ4v) is 10.8. The Bertz CT molecular complexity index is 1130. The van der Waals surface area contributed by atoms with Crippen molar-refractivity contribution in [3.63, 3.8) is 0 Å². The Morgan fingerprint density at radius 3 is 2.38 bits per heavy atom. The SMILES string of the molecule is CC(CCC[C@@H](C)C1CC[C@H]2C3[C@H](OC(=O)c4ccccc4)C[C@H]4CC5(CCC4(C)[C@H]3CCC12C)OCCO5)C(=O)O. The number of fused-ring (bicyclic) bond motifs is 5. The fourth-order valence-electron chi connectivity index (χ4n) is 10.8. The minimum absolute atomic E-state index is 0.0903. The van der Waals surface area contributed by atoms with Gasteiger partial charge in [-0.15, -0.1) is 0 Å². The van der Waals surface area contributed by atoms with E-state index >= 15 is 0 Å². The number of ether oxygens (including phenoxy) is 3. The molecule has 0 radical (unpaired) electrons. The average molecular weight is 581 g/mol. The number of carbonyl (C=O) groups excluding carboxylic acids is 1. The molecule has 1 aliphatic heterocycles. The number of hydrogen-bond acceptors (Lipinski definition) is 5. The Balaban J connectivity index is 1.25. The van der Waals surface area contributed by atoms with Gasteiger partial charge in [-0.2, -0.15) is 0 Å². The van der Waals surface area contributed by atoms with Gasteiger partial charge in [-0.25, -0.2) is 4.79 Å². The largest absolute Gasteiger partial charge is 0.481 e. The highest BCUT2D eigenvalue weighted by Crippen LogP contribution is 2.69. The molecule has 1 N–H and O–H groups in total. The number of benzene rings is 1. The van der Waals surface area contributed by atoms with Gasteiger partial charge >= 0.3 is 11.9 Å². The summed E-state index contributed by atoms with van der Waals surface area (Å²) in [6.45, 7) is 10.7. The Labute approximate surface area is 252 Å². The lowest BCUT2D eigenvalue weighted by Gasteiger charge is -2.63. The normalized spacial score (nSPS) is 40.0. The monoisotopic (exact) mass is 580 g/mol. The van der Waals surface area contributed by atoms with Gasteiger partial charge in [0, 0.05) is 18.8 Å². The first-order chi connectivity index (χ1) is 20.1. The van der Waals surface area contributed by atoms with E-state index in [1.165, 1.54) is 25.7 Å². The molecule has 42 heavy (non-hydrogen) atoms. The summed E-state index contributed by atoms with van der Waals surface area (Å²) in [5.41, 5.74) is 1.07. The lowest BCUT2D eigenvalue weighted by molar-refractivity contribution is -0.242. The summed E-state index contributed by atoms with van der Waals surface area (Å²) in [6, 6.07) is 9.50. The zero-order valence-electron chi connectivity index (χ0n) is 26.2. The van der Waals surface area contributed by atoms with Crippen molar-refractivity contribution in [1.29, 1.82) is 0 Å². The Kier molecular flexibility index (Phi) is 8.28. The van der Waals surface area contributed by atoms with Gasteiger partial charge in [0.25, 0.3) is 0 Å². The molecule has 5 aliphatic rings. The number of hydrogen-bond donors (Lipinski definition) is 1. The van der Waals surface area contributed by atoms with Gasteiger partial charge in [-0.3, -0.25) is 4.79 Å². The summed E-state index contributed by atoms with van der Waals surface area (Å²) in [5.74, 6) is 1.48. The highest BCUT2D eigenvalue weighted by Gasteiger charge is 2.65. The van der Waals surface area contributed by atoms with Gasteiger partial charge in [0.1, 0.15) is 6.10 Å².